The first-order valence-corrected chi connectivity index (χ1v) is 26.9. The summed E-state index contributed by atoms with van der Waals surface area (Å²) in [7, 11) is 3.57. The number of nitrogens with one attached hydrogen (secondary N) is 1. The van der Waals surface area contributed by atoms with E-state index in [-0.39, 0.29) is 54.0 Å². The number of rotatable bonds is 10. The zero-order valence-electron chi connectivity index (χ0n) is 39.2. The van der Waals surface area contributed by atoms with Gasteiger partial charge in [0, 0.05) is 65.3 Å². The van der Waals surface area contributed by atoms with E-state index in [2.05, 4.69) is 41.1 Å². The lowest BCUT2D eigenvalue weighted by Gasteiger charge is -2.29. The van der Waals surface area contributed by atoms with E-state index in [1.54, 1.807) is 47.3 Å². The Balaban J connectivity index is 1.10. The van der Waals surface area contributed by atoms with Crippen LogP contribution in [0.1, 0.15) is 130 Å². The lowest BCUT2D eigenvalue weighted by molar-refractivity contribution is -0.114. The highest BCUT2D eigenvalue weighted by Crippen LogP contribution is 2.50. The number of phenols is 2. The molecule has 0 radical (unpaired) electrons. The second-order valence-electron chi connectivity index (χ2n) is 19.3. The van der Waals surface area contributed by atoms with E-state index in [9.17, 15) is 30.0 Å². The number of aliphatic hydroxyl groups is 2. The lowest BCUT2D eigenvalue weighted by atomic mass is 9.76. The first-order chi connectivity index (χ1) is 33.5. The standard InChI is InChI=1S/C57H65N3O7S2/c58-56(59)48-30-42-7-4-8-51-46(20-25-60-51)54(66)32-49-47(42)31-43(48)36-69-68-35-41-18-23-57(33-41,22-17-39(27-45(63)34-61)10-9-37-5-2-1-3-6-37)24-19-44(62)14-11-38-13-16-53(65)55(29-38)67-26-21-40-12-15-52(64)50(49)28-40/h1-3,5-6,12-13,15-16,19-20,24-25,28-31,39,41,45,49,56,60-61,63-65H,8-11,14,17-18,21-23,26-27,32-36,58-59H2/b24-19+/t39-,41-,45-,49+,57-/m0/s1. The minimum Gasteiger partial charge on any atom is -0.508 e. The molecule has 2 heterocycles. The number of aromatic amines is 1. The predicted octanol–water partition coefficient (Wildman–Crippen LogP) is 9.79. The number of hydrogen-bond donors (Lipinski definition) is 7. The van der Waals surface area contributed by atoms with E-state index in [0.717, 1.165) is 84.2 Å². The number of H-pyrrole nitrogens is 1. The van der Waals surface area contributed by atoms with Gasteiger partial charge < -0.3 is 41.6 Å². The lowest BCUT2D eigenvalue weighted by Crippen LogP contribution is -2.22. The Labute approximate surface area is 414 Å². The highest BCUT2D eigenvalue weighted by molar-refractivity contribution is 8.76. The van der Waals surface area contributed by atoms with Crippen LogP contribution >= 0.6 is 21.6 Å². The van der Waals surface area contributed by atoms with Crippen LogP contribution in [-0.2, 0) is 36.2 Å². The molecule has 8 rings (SSSR count). The Hall–Kier alpha value is -5.26. The zero-order chi connectivity index (χ0) is 48.3. The SMILES string of the molecule is NC(N)c1cc2c3cc1CSSC[C@H]1CC[C@@](CC[C@H](CCc4ccccc4)C[C@H](O)CO)(/C=C/C(=O)CCc4ccc(O)c(c4)OCCc4ccc(O)c(c4)[C@@H]3CC(=O)c3cc[nH]c3CC#C2)C1. The number of allylic oxidation sites excluding steroid dienone is 2. The van der Waals surface area contributed by atoms with Gasteiger partial charge in [0.15, 0.2) is 23.1 Å². The molecular formula is C57H65N3O7S2. The van der Waals surface area contributed by atoms with Crippen molar-refractivity contribution in [2.45, 2.75) is 107 Å². The van der Waals surface area contributed by atoms with Crippen molar-refractivity contribution in [3.05, 3.63) is 159 Å². The Morgan fingerprint density at radius 3 is 2.52 bits per heavy atom. The van der Waals surface area contributed by atoms with E-state index in [4.69, 9.17) is 16.2 Å². The Morgan fingerprint density at radius 2 is 1.71 bits per heavy atom. The van der Waals surface area contributed by atoms with Crippen LogP contribution in [-0.4, -0.2) is 62.0 Å². The maximum Gasteiger partial charge on any atom is 0.165 e. The molecule has 5 atom stereocenters. The van der Waals surface area contributed by atoms with Crippen molar-refractivity contribution < 1.29 is 34.8 Å². The topological polar surface area (TPSA) is 192 Å². The van der Waals surface area contributed by atoms with Crippen molar-refractivity contribution in [3.8, 4) is 29.1 Å². The fraction of sp³-hybridized carbons (Fsp3) is 0.404. The highest BCUT2D eigenvalue weighted by atomic mass is 33.1. The van der Waals surface area contributed by atoms with Gasteiger partial charge in [0.25, 0.3) is 0 Å². The van der Waals surface area contributed by atoms with Crippen LogP contribution < -0.4 is 16.2 Å². The zero-order valence-corrected chi connectivity index (χ0v) is 40.8. The third-order valence-corrected chi connectivity index (χ3v) is 16.8. The average molecular weight is 968 g/mol. The fourth-order valence-corrected chi connectivity index (χ4v) is 13.0. The quantitative estimate of drug-likeness (QED) is 0.0401. The van der Waals surface area contributed by atoms with Crippen molar-refractivity contribution in [2.75, 3.05) is 19.0 Å². The fourth-order valence-electron chi connectivity index (χ4n) is 10.5. The number of hydrogen-bond acceptors (Lipinski definition) is 11. The van der Waals surface area contributed by atoms with Gasteiger partial charge in [-0.3, -0.25) is 9.59 Å². The van der Waals surface area contributed by atoms with Crippen LogP contribution in [0, 0.1) is 29.1 Å². The summed E-state index contributed by atoms with van der Waals surface area (Å²) in [5.74, 6) is 8.66. The smallest absolute Gasteiger partial charge is 0.165 e. The van der Waals surface area contributed by atoms with E-state index >= 15 is 0 Å². The van der Waals surface area contributed by atoms with Gasteiger partial charge in [0.1, 0.15) is 5.75 Å². The van der Waals surface area contributed by atoms with Gasteiger partial charge in [-0.15, -0.1) is 0 Å². The number of aliphatic hydroxyl groups excluding tert-OH is 2. The van der Waals surface area contributed by atoms with Crippen LogP contribution in [0.2, 0.25) is 0 Å². The minimum absolute atomic E-state index is 0.00518. The van der Waals surface area contributed by atoms with E-state index < -0.39 is 18.2 Å². The number of carbonyl (C=O) groups excluding carboxylic acids is 2. The van der Waals surface area contributed by atoms with Crippen molar-refractivity contribution >= 4 is 33.2 Å². The number of phenolic OH excluding ortho intramolecular Hbond substituents is 2. The molecular weight excluding hydrogens is 903 g/mol. The predicted molar refractivity (Wildman–Crippen MR) is 276 cm³/mol. The summed E-state index contributed by atoms with van der Waals surface area (Å²) in [5, 5.41) is 42.8. The molecule has 2 aliphatic carbocycles. The van der Waals surface area contributed by atoms with Crippen molar-refractivity contribution in [1.82, 2.24) is 4.98 Å². The number of Topliss-reactive ketones (excluding diaryl/α,β-unsaturated/α-hetero) is 1. The van der Waals surface area contributed by atoms with Crippen LogP contribution in [0.4, 0.5) is 0 Å². The molecule has 1 aromatic heterocycles. The van der Waals surface area contributed by atoms with Crippen LogP contribution in [0.5, 0.6) is 17.2 Å². The number of aromatic hydroxyl groups is 2. The largest absolute Gasteiger partial charge is 0.508 e. The summed E-state index contributed by atoms with van der Waals surface area (Å²) >= 11 is 0. The average Bonchev–Trinajstić information content (AvgIpc) is 4.00. The first kappa shape index (κ1) is 50.1. The van der Waals surface area contributed by atoms with Gasteiger partial charge in [-0.05, 0) is 145 Å². The van der Waals surface area contributed by atoms with Crippen LogP contribution in [0.15, 0.2) is 103 Å². The second kappa shape index (κ2) is 23.6. The molecule has 1 fully saturated rings. The monoisotopic (exact) mass is 967 g/mol. The molecule has 10 nitrogen and oxygen atoms in total. The summed E-state index contributed by atoms with van der Waals surface area (Å²) in [6.45, 7) is -0.0368. The normalized spacial score (nSPS) is 21.4. The number of nitrogens with two attached hydrogens (primary N) is 2. The van der Waals surface area contributed by atoms with Gasteiger partial charge in [-0.2, -0.15) is 0 Å². The van der Waals surface area contributed by atoms with Gasteiger partial charge in [-0.25, -0.2) is 0 Å². The van der Waals surface area contributed by atoms with Gasteiger partial charge >= 0.3 is 0 Å². The molecule has 5 aromatic rings. The summed E-state index contributed by atoms with van der Waals surface area (Å²) in [6, 6.07) is 26.9. The molecule has 0 amide bonds. The second-order valence-corrected chi connectivity index (χ2v) is 21.8. The van der Waals surface area contributed by atoms with Crippen LogP contribution in [0.25, 0.3) is 0 Å². The summed E-state index contributed by atoms with van der Waals surface area (Å²) < 4.78 is 6.17. The maximum atomic E-state index is 14.2. The van der Waals surface area contributed by atoms with Crippen molar-refractivity contribution in [2.24, 2.45) is 28.7 Å². The molecule has 0 unspecified atom stereocenters. The third-order valence-electron chi connectivity index (χ3n) is 14.4. The first-order valence-electron chi connectivity index (χ1n) is 24.4. The molecule has 0 saturated heterocycles. The molecule has 1 saturated carbocycles. The number of ketones is 2. The van der Waals surface area contributed by atoms with Gasteiger partial charge in [-0.1, -0.05) is 94.1 Å². The van der Waals surface area contributed by atoms with Gasteiger partial charge in [0.05, 0.1) is 31.9 Å². The Morgan fingerprint density at radius 1 is 0.899 bits per heavy atom. The summed E-state index contributed by atoms with van der Waals surface area (Å²) in [6.07, 6.45) is 12.9. The number of ether oxygens (including phenoxy) is 1. The molecule has 9 N–H and O–H groups in total. The molecule has 69 heavy (non-hydrogen) atoms. The number of benzene rings is 4. The summed E-state index contributed by atoms with van der Waals surface area (Å²) in [4.78, 5) is 31.1. The van der Waals surface area contributed by atoms with Crippen LogP contribution in [0.3, 0.4) is 0 Å². The molecule has 362 valence electrons. The molecule has 12 heteroatoms. The molecule has 8 bridgehead atoms. The Kier molecular flexibility index (Phi) is 17.1. The molecule has 4 aromatic carbocycles. The van der Waals surface area contributed by atoms with Crippen molar-refractivity contribution in [3.63, 3.8) is 0 Å². The summed E-state index contributed by atoms with van der Waals surface area (Å²) in [5.41, 5.74) is 21.0. The molecule has 3 aliphatic rings. The van der Waals surface area contributed by atoms with E-state index in [0.29, 0.717) is 66.2 Å². The number of aryl methyl sites for hydroxylation is 2. The minimum atomic E-state index is -0.777. The van der Waals surface area contributed by atoms with Gasteiger partial charge in [0.2, 0.25) is 0 Å². The van der Waals surface area contributed by atoms with E-state index in [1.165, 1.54) is 5.56 Å². The number of carbonyl (C=O) groups is 2. The van der Waals surface area contributed by atoms with E-state index in [1.807, 2.05) is 53.3 Å². The third kappa shape index (κ3) is 13.1. The Bertz CT molecular complexity index is 2670. The number of aromatic nitrogens is 1. The molecule has 0 spiro atoms. The maximum absolute atomic E-state index is 14.2. The highest BCUT2D eigenvalue weighted by Gasteiger charge is 2.38. The number of fused-ring (bicyclic) bond motifs is 9. The van der Waals surface area contributed by atoms with Crippen molar-refractivity contribution in [1.29, 1.82) is 0 Å². The molecule has 1 aliphatic heterocycles.